The quantitative estimate of drug-likeness (QED) is 0.632. The number of carbonyl (C=O) groups is 1. The molecule has 1 aromatic carbocycles. The summed E-state index contributed by atoms with van der Waals surface area (Å²) in [5.74, 6) is 0.855. The minimum absolute atomic E-state index is 0.114. The van der Waals surface area contributed by atoms with Gasteiger partial charge in [0.15, 0.2) is 0 Å². The third-order valence-electron chi connectivity index (χ3n) is 3.21. The first-order valence-corrected chi connectivity index (χ1v) is 6.92. The maximum Gasteiger partial charge on any atom is 0.305 e. The highest BCUT2D eigenvalue weighted by Gasteiger charge is 2.19. The molecule has 1 N–H and O–H groups in total. The van der Waals surface area contributed by atoms with Crippen LogP contribution < -0.4 is 10.1 Å². The molecule has 1 aromatic rings. The van der Waals surface area contributed by atoms with Gasteiger partial charge in [-0.15, -0.1) is 0 Å². The van der Waals surface area contributed by atoms with Crippen LogP contribution in [0.25, 0.3) is 0 Å². The number of hydrogen-bond donors (Lipinski definition) is 1. The van der Waals surface area contributed by atoms with Crippen LogP contribution in [0.3, 0.4) is 0 Å². The average Bonchev–Trinajstić information content (AvgIpc) is 2.44. The third kappa shape index (κ3) is 3.96. The number of benzene rings is 1. The molecule has 0 radical (unpaired) electrons. The fourth-order valence-corrected chi connectivity index (χ4v) is 2.30. The van der Waals surface area contributed by atoms with E-state index in [0.29, 0.717) is 19.1 Å². The summed E-state index contributed by atoms with van der Waals surface area (Å²) in [4.78, 5) is 11.2. The molecular weight excluding hydrogens is 242 g/mol. The molecule has 0 amide bonds. The lowest BCUT2D eigenvalue weighted by molar-refractivity contribution is -0.143. The zero-order chi connectivity index (χ0) is 13.5. The Balaban J connectivity index is 1.77. The van der Waals surface area contributed by atoms with Gasteiger partial charge in [-0.25, -0.2) is 0 Å². The molecule has 2 rings (SSSR count). The van der Waals surface area contributed by atoms with Crippen molar-refractivity contribution < 1.29 is 14.3 Å². The van der Waals surface area contributed by atoms with E-state index in [4.69, 9.17) is 9.47 Å². The first kappa shape index (κ1) is 13.9. The van der Waals surface area contributed by atoms with Gasteiger partial charge in [-0.3, -0.25) is 4.79 Å². The van der Waals surface area contributed by atoms with Gasteiger partial charge in [0, 0.05) is 24.4 Å². The van der Waals surface area contributed by atoms with E-state index in [-0.39, 0.29) is 5.97 Å². The van der Waals surface area contributed by atoms with Crippen LogP contribution in [0.1, 0.15) is 37.8 Å². The predicted octanol–water partition coefficient (Wildman–Crippen LogP) is 2.44. The molecule has 19 heavy (non-hydrogen) atoms. The summed E-state index contributed by atoms with van der Waals surface area (Å²) in [6.45, 7) is 3.85. The number of para-hydroxylation sites is 1. The molecule has 0 fully saturated rings. The maximum atomic E-state index is 11.2. The number of ether oxygens (including phenoxy) is 2. The molecule has 0 saturated carbocycles. The van der Waals surface area contributed by atoms with E-state index < -0.39 is 0 Å². The molecule has 104 valence electrons. The lowest BCUT2D eigenvalue weighted by Gasteiger charge is -2.26. The molecule has 1 atom stereocenters. The predicted molar refractivity (Wildman–Crippen MR) is 73.2 cm³/mol. The molecule has 0 aliphatic carbocycles. The van der Waals surface area contributed by atoms with Crippen molar-refractivity contribution in [3.8, 4) is 5.75 Å². The Kier molecular flexibility index (Phi) is 5.21. The van der Waals surface area contributed by atoms with Crippen LogP contribution in [-0.2, 0) is 9.53 Å². The van der Waals surface area contributed by atoms with Crippen molar-refractivity contribution in [3.05, 3.63) is 29.8 Å². The number of rotatable bonds is 6. The fourth-order valence-electron chi connectivity index (χ4n) is 2.30. The van der Waals surface area contributed by atoms with Crippen LogP contribution in [0.15, 0.2) is 24.3 Å². The Bertz CT molecular complexity index is 420. The Hall–Kier alpha value is -1.55. The largest absolute Gasteiger partial charge is 0.493 e. The molecule has 1 aliphatic rings. The van der Waals surface area contributed by atoms with E-state index in [1.807, 2.05) is 25.1 Å². The second kappa shape index (κ2) is 7.14. The molecule has 1 heterocycles. The third-order valence-corrected chi connectivity index (χ3v) is 3.21. The second-order valence-electron chi connectivity index (χ2n) is 4.59. The summed E-state index contributed by atoms with van der Waals surface area (Å²) in [7, 11) is 0. The normalized spacial score (nSPS) is 17.4. The standard InChI is InChI=1S/C15H21NO3/c1-2-18-15(17)8-5-10-16-13-9-11-19-14-7-4-3-6-12(13)14/h3-4,6-7,13,16H,2,5,8-11H2,1H3. The molecule has 0 saturated heterocycles. The van der Waals surface area contributed by atoms with Crippen molar-refractivity contribution in [2.45, 2.75) is 32.2 Å². The Labute approximate surface area is 114 Å². The van der Waals surface area contributed by atoms with Gasteiger partial charge in [0.05, 0.1) is 13.2 Å². The number of hydrogen-bond acceptors (Lipinski definition) is 4. The summed E-state index contributed by atoms with van der Waals surface area (Å²) < 4.78 is 10.5. The molecule has 1 aliphatic heterocycles. The van der Waals surface area contributed by atoms with Crippen molar-refractivity contribution in [1.29, 1.82) is 0 Å². The SMILES string of the molecule is CCOC(=O)CCCNC1CCOc2ccccc21. The van der Waals surface area contributed by atoms with Crippen LogP contribution in [0.5, 0.6) is 5.75 Å². The van der Waals surface area contributed by atoms with Crippen molar-refractivity contribution in [1.82, 2.24) is 5.32 Å². The van der Waals surface area contributed by atoms with Gasteiger partial charge < -0.3 is 14.8 Å². The van der Waals surface area contributed by atoms with E-state index in [1.54, 1.807) is 0 Å². The number of esters is 1. The molecule has 0 bridgehead atoms. The number of nitrogens with one attached hydrogen (secondary N) is 1. The fraction of sp³-hybridized carbons (Fsp3) is 0.533. The molecule has 4 heteroatoms. The van der Waals surface area contributed by atoms with E-state index in [1.165, 1.54) is 5.56 Å². The Morgan fingerprint density at radius 2 is 2.32 bits per heavy atom. The van der Waals surface area contributed by atoms with Gasteiger partial charge >= 0.3 is 5.97 Å². The average molecular weight is 263 g/mol. The van der Waals surface area contributed by atoms with Crippen LogP contribution in [0.2, 0.25) is 0 Å². The maximum absolute atomic E-state index is 11.2. The van der Waals surface area contributed by atoms with Crippen molar-refractivity contribution in [2.24, 2.45) is 0 Å². The van der Waals surface area contributed by atoms with E-state index in [9.17, 15) is 4.79 Å². The lowest BCUT2D eigenvalue weighted by atomic mass is 10.0. The highest BCUT2D eigenvalue weighted by molar-refractivity contribution is 5.69. The zero-order valence-corrected chi connectivity index (χ0v) is 11.4. The van der Waals surface area contributed by atoms with Crippen LogP contribution >= 0.6 is 0 Å². The number of fused-ring (bicyclic) bond motifs is 1. The lowest BCUT2D eigenvalue weighted by Crippen LogP contribution is -2.28. The zero-order valence-electron chi connectivity index (χ0n) is 11.4. The van der Waals surface area contributed by atoms with Gasteiger partial charge in [-0.05, 0) is 26.0 Å². The number of carbonyl (C=O) groups excluding carboxylic acids is 1. The highest BCUT2D eigenvalue weighted by Crippen LogP contribution is 2.31. The summed E-state index contributed by atoms with van der Waals surface area (Å²) >= 11 is 0. The van der Waals surface area contributed by atoms with Gasteiger partial charge in [0.1, 0.15) is 5.75 Å². The van der Waals surface area contributed by atoms with E-state index in [2.05, 4.69) is 11.4 Å². The first-order chi connectivity index (χ1) is 9.31. The summed E-state index contributed by atoms with van der Waals surface area (Å²) in [5.41, 5.74) is 1.21. The molecule has 1 unspecified atom stereocenters. The van der Waals surface area contributed by atoms with Crippen LogP contribution in [-0.4, -0.2) is 25.7 Å². The van der Waals surface area contributed by atoms with Crippen molar-refractivity contribution in [2.75, 3.05) is 19.8 Å². The van der Waals surface area contributed by atoms with Crippen molar-refractivity contribution in [3.63, 3.8) is 0 Å². The van der Waals surface area contributed by atoms with Gasteiger partial charge in [0.2, 0.25) is 0 Å². The molecule has 0 spiro atoms. The minimum atomic E-state index is -0.114. The summed E-state index contributed by atoms with van der Waals surface area (Å²) in [6, 6.07) is 8.44. The summed E-state index contributed by atoms with van der Waals surface area (Å²) in [6.07, 6.45) is 2.25. The minimum Gasteiger partial charge on any atom is -0.493 e. The smallest absolute Gasteiger partial charge is 0.305 e. The topological polar surface area (TPSA) is 47.6 Å². The monoisotopic (exact) mass is 263 g/mol. The molecule has 0 aromatic heterocycles. The van der Waals surface area contributed by atoms with Gasteiger partial charge in [-0.1, -0.05) is 18.2 Å². The van der Waals surface area contributed by atoms with Crippen LogP contribution in [0.4, 0.5) is 0 Å². The van der Waals surface area contributed by atoms with Gasteiger partial charge in [-0.2, -0.15) is 0 Å². The molecule has 4 nitrogen and oxygen atoms in total. The van der Waals surface area contributed by atoms with E-state index in [0.717, 1.165) is 31.7 Å². The second-order valence-corrected chi connectivity index (χ2v) is 4.59. The Morgan fingerprint density at radius 1 is 1.47 bits per heavy atom. The Morgan fingerprint density at radius 3 is 3.16 bits per heavy atom. The molecular formula is C15H21NO3. The first-order valence-electron chi connectivity index (χ1n) is 6.92. The van der Waals surface area contributed by atoms with Crippen molar-refractivity contribution >= 4 is 5.97 Å². The highest BCUT2D eigenvalue weighted by atomic mass is 16.5. The summed E-state index contributed by atoms with van der Waals surface area (Å²) in [5, 5.41) is 3.49. The van der Waals surface area contributed by atoms with E-state index >= 15 is 0 Å². The van der Waals surface area contributed by atoms with Crippen LogP contribution in [0, 0.1) is 0 Å². The van der Waals surface area contributed by atoms with Gasteiger partial charge in [0.25, 0.3) is 0 Å².